The summed E-state index contributed by atoms with van der Waals surface area (Å²) >= 11 is 0. The third kappa shape index (κ3) is 0.845. The number of hydrogen-bond donors (Lipinski definition) is 0. The van der Waals surface area contributed by atoms with Crippen LogP contribution in [-0.2, 0) is 0 Å². The molecule has 0 N–H and O–H groups in total. The Labute approximate surface area is 62.7 Å². The van der Waals surface area contributed by atoms with Gasteiger partial charge in [-0.15, -0.1) is 0 Å². The Kier molecular flexibility index (Phi) is 1.44. The summed E-state index contributed by atoms with van der Waals surface area (Å²) in [6.07, 6.45) is 6.48. The van der Waals surface area contributed by atoms with Crippen molar-refractivity contribution < 1.29 is 0 Å². The summed E-state index contributed by atoms with van der Waals surface area (Å²) in [5, 5.41) is 0. The van der Waals surface area contributed by atoms with Crippen molar-refractivity contribution in [1.82, 2.24) is 4.90 Å². The van der Waals surface area contributed by atoms with E-state index in [1.807, 2.05) is 0 Å². The molecular weight excluding hydrogens is 122 g/mol. The second-order valence-electron chi connectivity index (χ2n) is 3.37. The van der Waals surface area contributed by atoms with E-state index < -0.39 is 0 Å². The van der Waals surface area contributed by atoms with E-state index >= 15 is 0 Å². The molecule has 0 aromatic heterocycles. The van der Waals surface area contributed by atoms with Crippen LogP contribution >= 0.6 is 0 Å². The smallest absolute Gasteiger partial charge is 0.0178 e. The lowest BCUT2D eigenvalue weighted by Crippen LogP contribution is -2.35. The van der Waals surface area contributed by atoms with Crippen LogP contribution in [0.5, 0.6) is 0 Å². The average Bonchev–Trinajstić information content (AvgIpc) is 2.06. The Morgan fingerprint density at radius 1 is 1.50 bits per heavy atom. The standard InChI is InChI=1S/C9H15N/c1-2-8-7-10-5-3-9(8)4-6-10/h7,9H,2-6H2,1H3. The van der Waals surface area contributed by atoms with Gasteiger partial charge in [0.2, 0.25) is 0 Å². The number of piperidine rings is 1. The molecule has 0 radical (unpaired) electrons. The van der Waals surface area contributed by atoms with Crippen LogP contribution in [-0.4, -0.2) is 18.0 Å². The van der Waals surface area contributed by atoms with Gasteiger partial charge in [-0.25, -0.2) is 0 Å². The largest absolute Gasteiger partial charge is 0.377 e. The number of fused-ring (bicyclic) bond motifs is 2. The van der Waals surface area contributed by atoms with E-state index in [4.69, 9.17) is 0 Å². The van der Waals surface area contributed by atoms with Gasteiger partial charge >= 0.3 is 0 Å². The molecule has 56 valence electrons. The summed E-state index contributed by atoms with van der Waals surface area (Å²) < 4.78 is 0. The van der Waals surface area contributed by atoms with E-state index in [1.54, 1.807) is 5.57 Å². The maximum Gasteiger partial charge on any atom is 0.0178 e. The highest BCUT2D eigenvalue weighted by molar-refractivity contribution is 5.12. The van der Waals surface area contributed by atoms with Crippen LogP contribution < -0.4 is 0 Å². The van der Waals surface area contributed by atoms with Crippen molar-refractivity contribution in [3.8, 4) is 0 Å². The van der Waals surface area contributed by atoms with Crippen molar-refractivity contribution in [3.05, 3.63) is 11.8 Å². The van der Waals surface area contributed by atoms with Gasteiger partial charge in [0.05, 0.1) is 0 Å². The van der Waals surface area contributed by atoms with Gasteiger partial charge in [0.25, 0.3) is 0 Å². The predicted octanol–water partition coefficient (Wildman–Crippen LogP) is 2.01. The van der Waals surface area contributed by atoms with Crippen molar-refractivity contribution >= 4 is 0 Å². The molecule has 0 aromatic rings. The van der Waals surface area contributed by atoms with Crippen molar-refractivity contribution in [2.75, 3.05) is 13.1 Å². The predicted molar refractivity (Wildman–Crippen MR) is 42.7 cm³/mol. The molecule has 3 aliphatic rings. The Bertz CT molecular complexity index is 152. The molecular formula is C9H15N. The summed E-state index contributed by atoms with van der Waals surface area (Å²) in [7, 11) is 0. The lowest BCUT2D eigenvalue weighted by atomic mass is 9.85. The molecule has 0 atom stereocenters. The lowest BCUT2D eigenvalue weighted by Gasteiger charge is -2.38. The molecule has 1 heteroatoms. The van der Waals surface area contributed by atoms with Gasteiger partial charge in [0, 0.05) is 13.1 Å². The number of hydrogen-bond acceptors (Lipinski definition) is 1. The topological polar surface area (TPSA) is 3.24 Å². The highest BCUT2D eigenvalue weighted by atomic mass is 15.1. The summed E-state index contributed by atoms with van der Waals surface area (Å²) in [6.45, 7) is 4.90. The maximum atomic E-state index is 2.47. The Morgan fingerprint density at radius 3 is 2.50 bits per heavy atom. The van der Waals surface area contributed by atoms with Gasteiger partial charge in [-0.3, -0.25) is 0 Å². The highest BCUT2D eigenvalue weighted by Gasteiger charge is 2.25. The molecule has 3 rings (SSSR count). The maximum absolute atomic E-state index is 2.47. The summed E-state index contributed by atoms with van der Waals surface area (Å²) in [6, 6.07) is 0. The zero-order valence-electron chi connectivity index (χ0n) is 6.64. The van der Waals surface area contributed by atoms with Gasteiger partial charge in [-0.1, -0.05) is 12.5 Å². The normalized spacial score (nSPS) is 25.3. The molecule has 0 aromatic carbocycles. The van der Waals surface area contributed by atoms with E-state index in [0.29, 0.717) is 0 Å². The van der Waals surface area contributed by atoms with Gasteiger partial charge in [0.1, 0.15) is 0 Å². The first kappa shape index (κ1) is 6.26. The number of allylic oxidation sites excluding steroid dienone is 1. The van der Waals surface area contributed by atoms with Gasteiger partial charge in [-0.2, -0.15) is 0 Å². The summed E-state index contributed by atoms with van der Waals surface area (Å²) in [5.41, 5.74) is 1.69. The molecule has 0 amide bonds. The van der Waals surface area contributed by atoms with Crippen LogP contribution in [0, 0.1) is 5.92 Å². The third-order valence-corrected chi connectivity index (χ3v) is 2.81. The van der Waals surface area contributed by atoms with Crippen molar-refractivity contribution in [3.63, 3.8) is 0 Å². The summed E-state index contributed by atoms with van der Waals surface area (Å²) in [4.78, 5) is 2.47. The molecule has 3 aliphatic heterocycles. The van der Waals surface area contributed by atoms with Gasteiger partial charge in [-0.05, 0) is 31.4 Å². The molecule has 1 nitrogen and oxygen atoms in total. The minimum Gasteiger partial charge on any atom is -0.377 e. The quantitative estimate of drug-likeness (QED) is 0.534. The van der Waals surface area contributed by atoms with Crippen LogP contribution in [0.25, 0.3) is 0 Å². The van der Waals surface area contributed by atoms with E-state index in [-0.39, 0.29) is 0 Å². The molecule has 10 heavy (non-hydrogen) atoms. The Hall–Kier alpha value is -0.460. The fourth-order valence-corrected chi connectivity index (χ4v) is 2.12. The van der Waals surface area contributed by atoms with Crippen LogP contribution in [0.2, 0.25) is 0 Å². The summed E-state index contributed by atoms with van der Waals surface area (Å²) in [5.74, 6) is 0.954. The first-order chi connectivity index (χ1) is 4.90. The lowest BCUT2D eigenvalue weighted by molar-refractivity contribution is 0.227. The van der Waals surface area contributed by atoms with Crippen molar-refractivity contribution in [2.24, 2.45) is 5.92 Å². The van der Waals surface area contributed by atoms with Crippen LogP contribution in [0.4, 0.5) is 0 Å². The first-order valence-electron chi connectivity index (χ1n) is 4.35. The second-order valence-corrected chi connectivity index (χ2v) is 3.37. The minimum atomic E-state index is 0.954. The third-order valence-electron chi connectivity index (χ3n) is 2.81. The van der Waals surface area contributed by atoms with Crippen LogP contribution in [0.3, 0.4) is 0 Å². The second kappa shape index (κ2) is 2.30. The van der Waals surface area contributed by atoms with Gasteiger partial charge in [0.15, 0.2) is 0 Å². The van der Waals surface area contributed by atoms with E-state index in [2.05, 4.69) is 18.0 Å². The molecule has 0 saturated carbocycles. The molecule has 0 spiro atoms. The van der Waals surface area contributed by atoms with E-state index in [1.165, 1.54) is 32.4 Å². The fourth-order valence-electron chi connectivity index (χ4n) is 2.12. The zero-order chi connectivity index (χ0) is 6.97. The van der Waals surface area contributed by atoms with Gasteiger partial charge < -0.3 is 4.90 Å². The molecule has 0 aliphatic carbocycles. The highest BCUT2D eigenvalue weighted by Crippen LogP contribution is 2.32. The average molecular weight is 137 g/mol. The molecule has 0 unspecified atom stereocenters. The van der Waals surface area contributed by atoms with E-state index in [9.17, 15) is 0 Å². The SMILES string of the molecule is CCC1=CN2CCC1CC2. The zero-order valence-corrected chi connectivity index (χ0v) is 6.64. The number of nitrogens with zero attached hydrogens (tertiary/aromatic N) is 1. The molecule has 1 fully saturated rings. The van der Waals surface area contributed by atoms with Crippen LogP contribution in [0.15, 0.2) is 11.8 Å². The van der Waals surface area contributed by atoms with Crippen molar-refractivity contribution in [1.29, 1.82) is 0 Å². The van der Waals surface area contributed by atoms with Crippen molar-refractivity contribution in [2.45, 2.75) is 26.2 Å². The molecule has 3 heterocycles. The first-order valence-corrected chi connectivity index (χ1v) is 4.35. The van der Waals surface area contributed by atoms with Crippen LogP contribution in [0.1, 0.15) is 26.2 Å². The molecule has 2 bridgehead atoms. The fraction of sp³-hybridized carbons (Fsp3) is 0.778. The number of rotatable bonds is 1. The monoisotopic (exact) mass is 137 g/mol. The molecule has 1 saturated heterocycles. The Morgan fingerprint density at radius 2 is 2.20 bits per heavy atom. The van der Waals surface area contributed by atoms with E-state index in [0.717, 1.165) is 5.92 Å². The minimum absolute atomic E-state index is 0.954. The Balaban J connectivity index is 2.19.